The molecule has 0 aromatic heterocycles. The van der Waals surface area contributed by atoms with Crippen LogP contribution in [-0.4, -0.2) is 67.5 Å². The van der Waals surface area contributed by atoms with Crippen molar-refractivity contribution in [2.24, 2.45) is 5.92 Å². The molecular weight excluding hydrogens is 468 g/mol. The quantitative estimate of drug-likeness (QED) is 0.383. The minimum atomic E-state index is -0.735. The van der Waals surface area contributed by atoms with Crippen molar-refractivity contribution in [3.05, 3.63) is 77.1 Å². The van der Waals surface area contributed by atoms with Gasteiger partial charge in [0.15, 0.2) is 23.0 Å². The highest BCUT2D eigenvalue weighted by molar-refractivity contribution is 6.14. The Bertz CT molecular complexity index is 1140. The third-order valence-corrected chi connectivity index (χ3v) is 6.26. The fraction of sp³-hybridized carbons (Fsp3) is 0.400. The van der Waals surface area contributed by atoms with E-state index in [0.29, 0.717) is 42.6 Å². The Labute approximate surface area is 220 Å². The minimum Gasteiger partial charge on any atom is -0.503 e. The maximum Gasteiger partial charge on any atom is 0.290 e. The first-order valence-electron chi connectivity index (χ1n) is 12.7. The van der Waals surface area contributed by atoms with Crippen molar-refractivity contribution >= 4 is 17.8 Å². The van der Waals surface area contributed by atoms with Crippen LogP contribution in [0.15, 0.2) is 65.9 Å². The van der Waals surface area contributed by atoms with Gasteiger partial charge in [0.2, 0.25) is 0 Å². The summed E-state index contributed by atoms with van der Waals surface area (Å²) in [5.74, 6) is 0.160. The van der Waals surface area contributed by atoms with Gasteiger partial charge in [0.05, 0.1) is 25.3 Å². The third kappa shape index (κ3) is 7.23. The van der Waals surface area contributed by atoms with Gasteiger partial charge >= 0.3 is 0 Å². The lowest BCUT2D eigenvalue weighted by atomic mass is 9.95. The number of carbonyl (C=O) groups excluding carboxylic acids is 2. The van der Waals surface area contributed by atoms with E-state index in [-0.39, 0.29) is 5.57 Å². The molecule has 1 heterocycles. The van der Waals surface area contributed by atoms with Crippen LogP contribution >= 0.6 is 0 Å². The number of methoxy groups -OCH3 is 1. The summed E-state index contributed by atoms with van der Waals surface area (Å²) >= 11 is 0. The monoisotopic (exact) mass is 506 g/mol. The average molecular weight is 507 g/mol. The fourth-order valence-electron chi connectivity index (χ4n) is 4.24. The molecule has 1 aliphatic rings. The molecule has 0 saturated carbocycles. The van der Waals surface area contributed by atoms with Gasteiger partial charge < -0.3 is 24.4 Å². The number of aliphatic hydroxyl groups excluding tert-OH is 1. The van der Waals surface area contributed by atoms with Gasteiger partial charge in [-0.1, -0.05) is 56.3 Å². The van der Waals surface area contributed by atoms with Crippen molar-refractivity contribution in [3.63, 3.8) is 0 Å². The number of ether oxygens (including phenoxy) is 2. The second-order valence-electron chi connectivity index (χ2n) is 9.87. The summed E-state index contributed by atoms with van der Waals surface area (Å²) < 4.78 is 11.5. The molecule has 3 rings (SSSR count). The molecule has 0 bridgehead atoms. The van der Waals surface area contributed by atoms with Crippen LogP contribution in [0.4, 0.5) is 0 Å². The first-order valence-corrected chi connectivity index (χ1v) is 12.7. The molecule has 198 valence electrons. The number of carbonyl (C=O) groups is 2. The van der Waals surface area contributed by atoms with Crippen molar-refractivity contribution in [2.45, 2.75) is 32.7 Å². The molecule has 7 heteroatoms. The molecule has 1 atom stereocenters. The molecule has 0 saturated heterocycles. The Hall–Kier alpha value is -3.58. The lowest BCUT2D eigenvalue weighted by Crippen LogP contribution is -2.33. The van der Waals surface area contributed by atoms with E-state index in [1.165, 1.54) is 6.08 Å². The van der Waals surface area contributed by atoms with Crippen LogP contribution in [-0.2, 0) is 9.59 Å². The first-order chi connectivity index (χ1) is 17.7. The van der Waals surface area contributed by atoms with Crippen LogP contribution in [0, 0.1) is 5.92 Å². The number of rotatable bonds is 13. The second-order valence-corrected chi connectivity index (χ2v) is 9.87. The lowest BCUT2D eigenvalue weighted by Gasteiger charge is -2.27. The highest BCUT2D eigenvalue weighted by Crippen LogP contribution is 2.41. The zero-order valence-electron chi connectivity index (χ0n) is 22.4. The Kier molecular flexibility index (Phi) is 9.92. The van der Waals surface area contributed by atoms with E-state index in [1.807, 2.05) is 55.4 Å². The molecule has 1 amide bonds. The largest absolute Gasteiger partial charge is 0.503 e. The minimum absolute atomic E-state index is 0.0672. The van der Waals surface area contributed by atoms with Gasteiger partial charge in [-0.25, -0.2) is 0 Å². The number of hydrogen-bond donors (Lipinski definition) is 1. The summed E-state index contributed by atoms with van der Waals surface area (Å²) in [5, 5.41) is 10.9. The van der Waals surface area contributed by atoms with E-state index in [2.05, 4.69) is 13.8 Å². The molecular formula is C30H38N2O5. The van der Waals surface area contributed by atoms with E-state index in [0.717, 1.165) is 18.5 Å². The van der Waals surface area contributed by atoms with E-state index >= 15 is 0 Å². The van der Waals surface area contributed by atoms with Gasteiger partial charge in [-0.3, -0.25) is 9.59 Å². The zero-order chi connectivity index (χ0) is 26.9. The molecule has 1 unspecified atom stereocenters. The third-order valence-electron chi connectivity index (χ3n) is 6.26. The Morgan fingerprint density at radius 2 is 1.86 bits per heavy atom. The molecule has 37 heavy (non-hydrogen) atoms. The zero-order valence-corrected chi connectivity index (χ0v) is 22.4. The number of hydrogen-bond acceptors (Lipinski definition) is 6. The highest BCUT2D eigenvalue weighted by Gasteiger charge is 2.42. The maximum absolute atomic E-state index is 13.4. The standard InChI is InChI=1S/C30H38N2O5/c1-21(2)16-19-37-25-15-13-23(20-26(25)36-5)28-27(24(33)14-12-22-10-7-6-8-11-22)29(34)30(35)32(28)18-9-17-31(3)4/h6-8,10-15,20-21,28,34H,9,16-19H2,1-5H3/b14-12+. The van der Waals surface area contributed by atoms with Gasteiger partial charge in [0.1, 0.15) is 0 Å². The Balaban J connectivity index is 1.96. The molecule has 0 fully saturated rings. The number of allylic oxidation sites excluding steroid dienone is 1. The molecule has 0 aliphatic carbocycles. The van der Waals surface area contributed by atoms with Crippen LogP contribution in [0.2, 0.25) is 0 Å². The predicted molar refractivity (Wildman–Crippen MR) is 146 cm³/mol. The van der Waals surface area contributed by atoms with Crippen LogP contribution < -0.4 is 9.47 Å². The smallest absolute Gasteiger partial charge is 0.290 e. The molecule has 2 aromatic carbocycles. The molecule has 7 nitrogen and oxygen atoms in total. The van der Waals surface area contributed by atoms with Crippen LogP contribution in [0.5, 0.6) is 11.5 Å². The van der Waals surface area contributed by atoms with Crippen LogP contribution in [0.1, 0.15) is 43.9 Å². The van der Waals surface area contributed by atoms with E-state index in [1.54, 1.807) is 30.2 Å². The second kappa shape index (κ2) is 13.1. The van der Waals surface area contributed by atoms with E-state index in [4.69, 9.17) is 9.47 Å². The summed E-state index contributed by atoms with van der Waals surface area (Å²) in [6.07, 6.45) is 4.69. The van der Waals surface area contributed by atoms with Crippen molar-refractivity contribution in [1.29, 1.82) is 0 Å². The number of benzene rings is 2. The van der Waals surface area contributed by atoms with Gasteiger partial charge in [-0.05, 0) is 68.7 Å². The van der Waals surface area contributed by atoms with Crippen molar-refractivity contribution in [1.82, 2.24) is 9.80 Å². The molecule has 2 aromatic rings. The topological polar surface area (TPSA) is 79.3 Å². The number of aliphatic hydroxyl groups is 1. The highest BCUT2D eigenvalue weighted by atomic mass is 16.5. The Morgan fingerprint density at radius 3 is 2.51 bits per heavy atom. The average Bonchev–Trinajstić information content (AvgIpc) is 3.12. The lowest BCUT2D eigenvalue weighted by molar-refractivity contribution is -0.129. The molecule has 1 aliphatic heterocycles. The summed E-state index contributed by atoms with van der Waals surface area (Å²) in [4.78, 5) is 30.1. The van der Waals surface area contributed by atoms with Crippen molar-refractivity contribution in [3.8, 4) is 11.5 Å². The van der Waals surface area contributed by atoms with Crippen molar-refractivity contribution in [2.75, 3.05) is 40.9 Å². The molecule has 0 radical (unpaired) electrons. The van der Waals surface area contributed by atoms with Gasteiger partial charge in [0.25, 0.3) is 5.91 Å². The van der Waals surface area contributed by atoms with E-state index in [9.17, 15) is 14.7 Å². The number of ketones is 1. The Morgan fingerprint density at radius 1 is 1.14 bits per heavy atom. The van der Waals surface area contributed by atoms with Crippen molar-refractivity contribution < 1.29 is 24.2 Å². The van der Waals surface area contributed by atoms with Crippen LogP contribution in [0.3, 0.4) is 0 Å². The first kappa shape index (κ1) is 28.0. The summed E-state index contributed by atoms with van der Waals surface area (Å²) in [6, 6.07) is 14.1. The molecule has 1 N–H and O–H groups in total. The number of amides is 1. The maximum atomic E-state index is 13.4. The van der Waals surface area contributed by atoms with Gasteiger partial charge in [-0.15, -0.1) is 0 Å². The summed E-state index contributed by atoms with van der Waals surface area (Å²) in [6.45, 7) is 5.98. The number of nitrogens with zero attached hydrogens (tertiary/aromatic N) is 2. The van der Waals surface area contributed by atoms with Gasteiger partial charge in [-0.2, -0.15) is 0 Å². The SMILES string of the molecule is COc1cc(C2C(C(=O)/C=C/c3ccccc3)=C(O)C(=O)N2CCCN(C)C)ccc1OCCC(C)C. The summed E-state index contributed by atoms with van der Waals surface area (Å²) in [7, 11) is 5.49. The van der Waals surface area contributed by atoms with Crippen LogP contribution in [0.25, 0.3) is 6.08 Å². The van der Waals surface area contributed by atoms with Gasteiger partial charge in [0, 0.05) is 6.54 Å². The van der Waals surface area contributed by atoms with E-state index < -0.39 is 23.5 Å². The normalized spacial score (nSPS) is 15.9. The summed E-state index contributed by atoms with van der Waals surface area (Å²) in [5.41, 5.74) is 1.59. The fourth-order valence-corrected chi connectivity index (χ4v) is 4.24. The predicted octanol–water partition coefficient (Wildman–Crippen LogP) is 5.05. The molecule has 0 spiro atoms.